The van der Waals surface area contributed by atoms with Gasteiger partial charge >= 0.3 is 0 Å². The van der Waals surface area contributed by atoms with Gasteiger partial charge in [0.25, 0.3) is 11.8 Å². The van der Waals surface area contributed by atoms with Crippen LogP contribution in [0.4, 0.5) is 0 Å². The Hall–Kier alpha value is -1.89. The van der Waals surface area contributed by atoms with E-state index in [4.69, 9.17) is 0 Å². The third-order valence-electron chi connectivity index (χ3n) is 3.65. The van der Waals surface area contributed by atoms with Crippen LogP contribution in [0.5, 0.6) is 0 Å². The van der Waals surface area contributed by atoms with Crippen LogP contribution in [-0.2, 0) is 9.84 Å². The molecular formula is C16H22N2O4S. The molecule has 2 N–H and O–H groups in total. The number of nitrogens with one attached hydrogen (secondary N) is 2. The summed E-state index contributed by atoms with van der Waals surface area (Å²) in [7, 11) is -3.02. The number of hydrogen-bond donors (Lipinski definition) is 2. The van der Waals surface area contributed by atoms with Crippen molar-refractivity contribution in [3.05, 3.63) is 35.4 Å². The second-order valence-corrected chi connectivity index (χ2v) is 8.48. The van der Waals surface area contributed by atoms with Gasteiger partial charge in [-0.05, 0) is 36.6 Å². The highest BCUT2D eigenvalue weighted by Gasteiger charge is 2.29. The largest absolute Gasteiger partial charge is 0.352 e. The van der Waals surface area contributed by atoms with Gasteiger partial charge in [0, 0.05) is 23.7 Å². The zero-order valence-electron chi connectivity index (χ0n) is 13.3. The second kappa shape index (κ2) is 7.12. The Morgan fingerprint density at radius 3 is 2.17 bits per heavy atom. The van der Waals surface area contributed by atoms with Gasteiger partial charge in [-0.15, -0.1) is 0 Å². The average Bonchev–Trinajstić information content (AvgIpc) is 2.83. The summed E-state index contributed by atoms with van der Waals surface area (Å²) >= 11 is 0. The van der Waals surface area contributed by atoms with Gasteiger partial charge < -0.3 is 10.6 Å². The molecule has 6 nitrogen and oxygen atoms in total. The molecule has 2 rings (SSSR count). The molecule has 1 aliphatic heterocycles. The van der Waals surface area contributed by atoms with E-state index in [-0.39, 0.29) is 29.4 Å². The van der Waals surface area contributed by atoms with Crippen LogP contribution in [0.25, 0.3) is 0 Å². The van der Waals surface area contributed by atoms with Crippen LogP contribution in [0.3, 0.4) is 0 Å². The summed E-state index contributed by atoms with van der Waals surface area (Å²) in [5, 5.41) is 5.53. The highest BCUT2D eigenvalue weighted by atomic mass is 32.2. The van der Waals surface area contributed by atoms with E-state index in [9.17, 15) is 18.0 Å². The van der Waals surface area contributed by atoms with E-state index in [0.29, 0.717) is 30.0 Å². The van der Waals surface area contributed by atoms with Crippen LogP contribution >= 0.6 is 0 Å². The SMILES string of the molecule is CC(C)CNC(=O)c1ccc(C(=O)NC2CCS(=O)(=O)C2)cc1. The number of amides is 2. The Morgan fingerprint density at radius 1 is 1.13 bits per heavy atom. The lowest BCUT2D eigenvalue weighted by atomic mass is 10.1. The van der Waals surface area contributed by atoms with Gasteiger partial charge in [0.2, 0.25) is 0 Å². The summed E-state index contributed by atoms with van der Waals surface area (Å²) in [6.07, 6.45) is 0.448. The molecule has 1 saturated heterocycles. The Balaban J connectivity index is 1.94. The lowest BCUT2D eigenvalue weighted by molar-refractivity contribution is 0.0932. The fraction of sp³-hybridized carbons (Fsp3) is 0.500. The maximum absolute atomic E-state index is 12.1. The van der Waals surface area contributed by atoms with E-state index in [1.807, 2.05) is 13.8 Å². The molecule has 0 aromatic heterocycles. The monoisotopic (exact) mass is 338 g/mol. The predicted molar refractivity (Wildman–Crippen MR) is 88.1 cm³/mol. The van der Waals surface area contributed by atoms with Crippen molar-refractivity contribution in [2.75, 3.05) is 18.1 Å². The first-order chi connectivity index (χ1) is 10.8. The molecular weight excluding hydrogens is 316 g/mol. The molecule has 1 aliphatic rings. The summed E-state index contributed by atoms with van der Waals surface area (Å²) in [5.74, 6) is -0.0121. The number of rotatable bonds is 5. The maximum atomic E-state index is 12.1. The normalized spacial score (nSPS) is 19.5. The van der Waals surface area contributed by atoms with Crippen molar-refractivity contribution in [3.8, 4) is 0 Å². The molecule has 1 aromatic carbocycles. The fourth-order valence-corrected chi connectivity index (χ4v) is 4.02. The summed E-state index contributed by atoms with van der Waals surface area (Å²) in [6, 6.07) is 6.00. The van der Waals surface area contributed by atoms with E-state index >= 15 is 0 Å². The van der Waals surface area contributed by atoms with Crippen LogP contribution in [0.15, 0.2) is 24.3 Å². The Bertz CT molecular complexity index is 681. The van der Waals surface area contributed by atoms with Gasteiger partial charge in [-0.1, -0.05) is 13.8 Å². The van der Waals surface area contributed by atoms with Crippen molar-refractivity contribution < 1.29 is 18.0 Å². The Kier molecular flexibility index (Phi) is 5.41. The molecule has 1 aromatic rings. The molecule has 2 amide bonds. The number of sulfone groups is 1. The number of carbonyl (C=O) groups is 2. The van der Waals surface area contributed by atoms with E-state index in [2.05, 4.69) is 10.6 Å². The molecule has 7 heteroatoms. The van der Waals surface area contributed by atoms with Crippen molar-refractivity contribution >= 4 is 21.7 Å². The predicted octanol–water partition coefficient (Wildman–Crippen LogP) is 0.989. The van der Waals surface area contributed by atoms with Crippen molar-refractivity contribution in [1.29, 1.82) is 0 Å². The smallest absolute Gasteiger partial charge is 0.251 e. The molecule has 1 heterocycles. The summed E-state index contributed by atoms with van der Waals surface area (Å²) in [5.41, 5.74) is 0.903. The Labute approximate surface area is 136 Å². The molecule has 1 fully saturated rings. The molecule has 126 valence electrons. The van der Waals surface area contributed by atoms with Crippen LogP contribution in [0.2, 0.25) is 0 Å². The van der Waals surface area contributed by atoms with Gasteiger partial charge in [0.1, 0.15) is 0 Å². The number of hydrogen-bond acceptors (Lipinski definition) is 4. The van der Waals surface area contributed by atoms with Gasteiger partial charge in [-0.25, -0.2) is 8.42 Å². The van der Waals surface area contributed by atoms with E-state index in [0.717, 1.165) is 0 Å². The van der Waals surface area contributed by atoms with E-state index in [1.54, 1.807) is 24.3 Å². The van der Waals surface area contributed by atoms with Crippen LogP contribution in [0, 0.1) is 5.92 Å². The zero-order valence-corrected chi connectivity index (χ0v) is 14.2. The molecule has 0 aliphatic carbocycles. The first-order valence-electron chi connectivity index (χ1n) is 7.66. The molecule has 0 radical (unpaired) electrons. The first kappa shape index (κ1) is 17.5. The van der Waals surface area contributed by atoms with E-state index in [1.165, 1.54) is 0 Å². The quantitative estimate of drug-likeness (QED) is 0.837. The maximum Gasteiger partial charge on any atom is 0.251 e. The average molecular weight is 338 g/mol. The zero-order chi connectivity index (χ0) is 17.0. The lowest BCUT2D eigenvalue weighted by Gasteiger charge is -2.11. The molecule has 0 saturated carbocycles. The summed E-state index contributed by atoms with van der Waals surface area (Å²) in [6.45, 7) is 4.62. The van der Waals surface area contributed by atoms with Crippen LogP contribution < -0.4 is 10.6 Å². The van der Waals surface area contributed by atoms with Crippen molar-refractivity contribution in [2.24, 2.45) is 5.92 Å². The molecule has 0 bridgehead atoms. The van der Waals surface area contributed by atoms with Crippen molar-refractivity contribution in [3.63, 3.8) is 0 Å². The third kappa shape index (κ3) is 5.06. The van der Waals surface area contributed by atoms with Crippen LogP contribution in [-0.4, -0.2) is 44.3 Å². The molecule has 23 heavy (non-hydrogen) atoms. The highest BCUT2D eigenvalue weighted by Crippen LogP contribution is 2.12. The van der Waals surface area contributed by atoms with Gasteiger partial charge in [0.15, 0.2) is 9.84 Å². The van der Waals surface area contributed by atoms with Crippen molar-refractivity contribution in [2.45, 2.75) is 26.3 Å². The Morgan fingerprint density at radius 2 is 1.70 bits per heavy atom. The number of benzene rings is 1. The molecule has 1 atom stereocenters. The topological polar surface area (TPSA) is 92.3 Å². The van der Waals surface area contributed by atoms with Crippen molar-refractivity contribution in [1.82, 2.24) is 10.6 Å². The summed E-state index contributed by atoms with van der Waals surface area (Å²) in [4.78, 5) is 24.0. The van der Waals surface area contributed by atoms with E-state index < -0.39 is 9.84 Å². The fourth-order valence-electron chi connectivity index (χ4n) is 2.35. The highest BCUT2D eigenvalue weighted by molar-refractivity contribution is 7.91. The molecule has 1 unspecified atom stereocenters. The van der Waals surface area contributed by atoms with Gasteiger partial charge in [-0.3, -0.25) is 9.59 Å². The second-order valence-electron chi connectivity index (χ2n) is 6.25. The minimum absolute atomic E-state index is 0.00552. The minimum Gasteiger partial charge on any atom is -0.352 e. The van der Waals surface area contributed by atoms with Gasteiger partial charge in [0.05, 0.1) is 11.5 Å². The molecule has 0 spiro atoms. The van der Waals surface area contributed by atoms with Gasteiger partial charge in [-0.2, -0.15) is 0 Å². The number of carbonyl (C=O) groups excluding carboxylic acids is 2. The third-order valence-corrected chi connectivity index (χ3v) is 5.42. The van der Waals surface area contributed by atoms with Crippen LogP contribution in [0.1, 0.15) is 41.0 Å². The lowest BCUT2D eigenvalue weighted by Crippen LogP contribution is -2.35. The minimum atomic E-state index is -3.02. The first-order valence-corrected chi connectivity index (χ1v) is 9.48. The summed E-state index contributed by atoms with van der Waals surface area (Å²) < 4.78 is 22.8. The standard InChI is InChI=1S/C16H22N2O4S/c1-11(2)9-17-15(19)12-3-5-13(6-4-12)16(20)18-14-7-8-23(21,22)10-14/h3-6,11,14H,7-10H2,1-2H3,(H,17,19)(H,18,20).